The molecule has 1 N–H and O–H groups in total. The number of fused-ring (bicyclic) bond motifs is 3. The summed E-state index contributed by atoms with van der Waals surface area (Å²) in [7, 11) is 0. The summed E-state index contributed by atoms with van der Waals surface area (Å²) in [6, 6.07) is 10.4. The van der Waals surface area contributed by atoms with Crippen LogP contribution in [0.4, 0.5) is 22.9 Å². The number of rotatable bonds is 2. The first-order chi connectivity index (χ1) is 17.3. The van der Waals surface area contributed by atoms with E-state index in [1.54, 1.807) is 6.20 Å². The second-order valence-electron chi connectivity index (χ2n) is 9.68. The van der Waals surface area contributed by atoms with Gasteiger partial charge in [-0.2, -0.15) is 0 Å². The Morgan fingerprint density at radius 3 is 2.80 bits per heavy atom. The van der Waals surface area contributed by atoms with Gasteiger partial charge in [-0.05, 0) is 62.3 Å². The van der Waals surface area contributed by atoms with Crippen molar-refractivity contribution in [3.63, 3.8) is 0 Å². The largest absolute Gasteiger partial charge is 0.378 e. The van der Waals surface area contributed by atoms with Crippen LogP contribution in [-0.4, -0.2) is 49.9 Å². The van der Waals surface area contributed by atoms with Crippen molar-refractivity contribution in [2.24, 2.45) is 11.8 Å². The Labute approximate surface area is 208 Å². The maximum Gasteiger partial charge on any atom is 0.230 e. The van der Waals surface area contributed by atoms with Gasteiger partial charge in [0.25, 0.3) is 0 Å². The highest BCUT2D eigenvalue weighted by atomic mass is 16.5. The van der Waals surface area contributed by atoms with Gasteiger partial charge in [0.15, 0.2) is 0 Å². The van der Waals surface area contributed by atoms with E-state index in [0.717, 1.165) is 87.0 Å². The van der Waals surface area contributed by atoms with Gasteiger partial charge in [-0.15, -0.1) is 0 Å². The van der Waals surface area contributed by atoms with Gasteiger partial charge in [0.1, 0.15) is 5.82 Å². The average molecular weight is 479 g/mol. The van der Waals surface area contributed by atoms with Crippen molar-refractivity contribution in [2.75, 3.05) is 48.0 Å². The van der Waals surface area contributed by atoms with Crippen molar-refractivity contribution in [1.82, 2.24) is 4.98 Å². The van der Waals surface area contributed by atoms with E-state index in [4.69, 9.17) is 9.47 Å². The number of hydrogen-bond acceptors (Lipinski definition) is 6. The average Bonchev–Trinajstić information content (AvgIpc) is 3.10. The molecule has 0 bridgehead atoms. The Morgan fingerprint density at radius 1 is 1.09 bits per heavy atom. The molecule has 3 atom stereocenters. The van der Waals surface area contributed by atoms with Gasteiger partial charge < -0.3 is 24.6 Å². The van der Waals surface area contributed by atoms with Gasteiger partial charge in [-0.25, -0.2) is 4.98 Å². The normalized spacial score (nSPS) is 25.6. The Hall–Kier alpha value is -2.64. The van der Waals surface area contributed by atoms with Crippen LogP contribution < -0.4 is 15.1 Å². The van der Waals surface area contributed by atoms with Gasteiger partial charge in [-0.3, -0.25) is 4.79 Å². The van der Waals surface area contributed by atoms with E-state index in [0.29, 0.717) is 18.6 Å². The number of amides is 1. The first-order valence-corrected chi connectivity index (χ1v) is 13.4. The van der Waals surface area contributed by atoms with Crippen LogP contribution in [0, 0.1) is 11.8 Å². The maximum atomic E-state index is 14.0. The van der Waals surface area contributed by atoms with Gasteiger partial charge in [-0.1, -0.05) is 19.9 Å². The first kappa shape index (κ1) is 24.1. The smallest absolute Gasteiger partial charge is 0.230 e. The summed E-state index contributed by atoms with van der Waals surface area (Å²) in [4.78, 5) is 23.0. The van der Waals surface area contributed by atoms with E-state index in [2.05, 4.69) is 39.5 Å². The van der Waals surface area contributed by atoms with E-state index in [1.165, 1.54) is 6.42 Å². The quantitative estimate of drug-likeness (QED) is 0.646. The van der Waals surface area contributed by atoms with Crippen LogP contribution in [0.15, 0.2) is 36.5 Å². The molecule has 6 rings (SSSR count). The number of ether oxygens (including phenoxy) is 2. The minimum absolute atomic E-state index is 0.0473. The second kappa shape index (κ2) is 11.0. The fraction of sp³-hybridized carbons (Fsp3) is 0.571. The van der Waals surface area contributed by atoms with Gasteiger partial charge >= 0.3 is 0 Å². The molecule has 1 amide bonds. The van der Waals surface area contributed by atoms with Crippen molar-refractivity contribution < 1.29 is 14.3 Å². The third kappa shape index (κ3) is 5.02. The van der Waals surface area contributed by atoms with Crippen LogP contribution in [0.1, 0.15) is 51.5 Å². The summed E-state index contributed by atoms with van der Waals surface area (Å²) >= 11 is 0. The van der Waals surface area contributed by atoms with Crippen molar-refractivity contribution in [3.05, 3.63) is 42.1 Å². The molecule has 188 valence electrons. The number of nitrogens with zero attached hydrogens (tertiary/aromatic N) is 3. The van der Waals surface area contributed by atoms with Crippen LogP contribution in [0.25, 0.3) is 0 Å². The van der Waals surface area contributed by atoms with E-state index in [1.807, 2.05) is 24.8 Å². The van der Waals surface area contributed by atoms with Crippen LogP contribution in [0.2, 0.25) is 0 Å². The lowest BCUT2D eigenvalue weighted by Gasteiger charge is -2.40. The minimum atomic E-state index is 0.0473. The number of morpholine rings is 1. The fourth-order valence-corrected chi connectivity index (χ4v) is 5.91. The molecule has 35 heavy (non-hydrogen) atoms. The summed E-state index contributed by atoms with van der Waals surface area (Å²) in [6.45, 7) is 8.62. The van der Waals surface area contributed by atoms with E-state index < -0.39 is 0 Å². The number of carbonyl (C=O) groups excluding carboxylic acids is 1. The highest BCUT2D eigenvalue weighted by Crippen LogP contribution is 2.42. The Bertz CT molecular complexity index is 1020. The summed E-state index contributed by atoms with van der Waals surface area (Å²) in [5, 5.41) is 3.50. The number of nitrogens with one attached hydrogen (secondary N) is 1. The molecule has 0 unspecified atom stereocenters. The Kier molecular flexibility index (Phi) is 7.54. The zero-order valence-corrected chi connectivity index (χ0v) is 21.0. The lowest BCUT2D eigenvalue weighted by atomic mass is 9.75. The lowest BCUT2D eigenvalue weighted by Crippen LogP contribution is -2.42. The van der Waals surface area contributed by atoms with E-state index >= 15 is 0 Å². The standard InChI is InChI=1S/C26H32N4O3.C2H6/c31-26(19-5-8-24-18(15-19)4-2-12-33-24)30-17-20-3-1-9-27-25(20)28-22-7-6-21(16-23(22)30)29-10-13-32-14-11-29;1-2/h1,3,6-7,9,16,18-19,24H,2,4-5,8,10-15,17H2,(H,27,28);1-2H3/t18-,19+,24-;/m1./s1. The van der Waals surface area contributed by atoms with Crippen LogP contribution >= 0.6 is 0 Å². The van der Waals surface area contributed by atoms with Crippen LogP contribution in [0.3, 0.4) is 0 Å². The minimum Gasteiger partial charge on any atom is -0.378 e. The number of benzene rings is 1. The van der Waals surface area contributed by atoms with Crippen LogP contribution in [0.5, 0.6) is 0 Å². The predicted octanol–water partition coefficient (Wildman–Crippen LogP) is 5.13. The molecular formula is C28H38N4O3. The summed E-state index contributed by atoms with van der Waals surface area (Å²) in [5.41, 5.74) is 4.07. The fourth-order valence-electron chi connectivity index (χ4n) is 5.91. The molecule has 4 aliphatic rings. The molecule has 1 saturated carbocycles. The SMILES string of the molecule is CC.O=C([C@H]1CC[C@H]2OCCC[C@@H]2C1)N1Cc2cccnc2Nc2ccc(N3CCOCC3)cc21. The molecule has 2 saturated heterocycles. The lowest BCUT2D eigenvalue weighted by molar-refractivity contribution is -0.127. The molecule has 1 aromatic heterocycles. The highest BCUT2D eigenvalue weighted by molar-refractivity contribution is 6.00. The summed E-state index contributed by atoms with van der Waals surface area (Å²) in [6.07, 6.45) is 7.27. The number of carbonyl (C=O) groups is 1. The van der Waals surface area contributed by atoms with Crippen molar-refractivity contribution >= 4 is 28.8 Å². The zero-order valence-electron chi connectivity index (χ0n) is 21.0. The second-order valence-corrected chi connectivity index (χ2v) is 9.68. The van der Waals surface area contributed by atoms with E-state index in [-0.39, 0.29) is 11.8 Å². The van der Waals surface area contributed by atoms with E-state index in [9.17, 15) is 4.79 Å². The number of anilines is 4. The third-order valence-electron chi connectivity index (χ3n) is 7.70. The molecule has 0 radical (unpaired) electrons. The van der Waals surface area contributed by atoms with Gasteiger partial charge in [0.05, 0.1) is 37.2 Å². The number of hydrogen-bond donors (Lipinski definition) is 1. The van der Waals surface area contributed by atoms with Gasteiger partial charge in [0.2, 0.25) is 5.91 Å². The van der Waals surface area contributed by atoms with Crippen molar-refractivity contribution in [1.29, 1.82) is 0 Å². The number of pyridine rings is 1. The Balaban J connectivity index is 0.00000124. The van der Waals surface area contributed by atoms with Gasteiger partial charge in [0, 0.05) is 43.1 Å². The monoisotopic (exact) mass is 478 g/mol. The maximum absolute atomic E-state index is 14.0. The molecule has 0 spiro atoms. The zero-order chi connectivity index (χ0) is 24.2. The Morgan fingerprint density at radius 2 is 1.94 bits per heavy atom. The van der Waals surface area contributed by atoms with Crippen LogP contribution in [-0.2, 0) is 20.8 Å². The molecule has 3 aliphatic heterocycles. The first-order valence-electron chi connectivity index (χ1n) is 13.4. The topological polar surface area (TPSA) is 66.9 Å². The summed E-state index contributed by atoms with van der Waals surface area (Å²) < 4.78 is 11.5. The molecule has 4 heterocycles. The van der Waals surface area contributed by atoms with Crippen molar-refractivity contribution in [3.8, 4) is 0 Å². The summed E-state index contributed by atoms with van der Waals surface area (Å²) in [5.74, 6) is 1.63. The molecule has 1 aromatic carbocycles. The molecule has 3 fully saturated rings. The van der Waals surface area contributed by atoms with Crippen molar-refractivity contribution in [2.45, 2.75) is 58.6 Å². The molecule has 1 aliphatic carbocycles. The highest BCUT2D eigenvalue weighted by Gasteiger charge is 2.38. The molecule has 7 nitrogen and oxygen atoms in total. The molecule has 7 heteroatoms. The third-order valence-corrected chi connectivity index (χ3v) is 7.70. The predicted molar refractivity (Wildman–Crippen MR) is 139 cm³/mol. The molecular weight excluding hydrogens is 440 g/mol. The number of aromatic nitrogens is 1. The molecule has 2 aromatic rings.